The molecule has 0 unspecified atom stereocenters. The van der Waals surface area contributed by atoms with Gasteiger partial charge in [0.15, 0.2) is 5.78 Å². The van der Waals surface area contributed by atoms with Gasteiger partial charge in [-0.25, -0.2) is 0 Å². The second-order valence-corrected chi connectivity index (χ2v) is 3.75. The van der Waals surface area contributed by atoms with E-state index in [1.807, 2.05) is 0 Å². The number of hydrogen-bond acceptors (Lipinski definition) is 2. The van der Waals surface area contributed by atoms with Crippen molar-refractivity contribution in [1.29, 1.82) is 0 Å². The summed E-state index contributed by atoms with van der Waals surface area (Å²) in [5, 5.41) is -0.0669. The van der Waals surface area contributed by atoms with Crippen molar-refractivity contribution in [1.82, 2.24) is 4.90 Å². The lowest BCUT2D eigenvalue weighted by molar-refractivity contribution is -0.135. The molecule has 0 aliphatic carbocycles. The average molecular weight is 190 g/mol. The molecular formula is C8H12ClNO2. The largest absolute Gasteiger partial charge is 0.331 e. The van der Waals surface area contributed by atoms with Crippen LogP contribution in [0.3, 0.4) is 0 Å². The van der Waals surface area contributed by atoms with Crippen molar-refractivity contribution >= 4 is 23.3 Å². The van der Waals surface area contributed by atoms with Crippen LogP contribution < -0.4 is 0 Å². The zero-order valence-electron chi connectivity index (χ0n) is 7.21. The molecule has 68 valence electrons. The molecule has 1 rings (SSSR count). The molecule has 0 spiro atoms. The second-order valence-electron chi connectivity index (χ2n) is 3.13. The monoisotopic (exact) mass is 189 g/mol. The maximum Gasteiger partial charge on any atom is 0.220 e. The van der Waals surface area contributed by atoms with Gasteiger partial charge in [0.1, 0.15) is 0 Å². The summed E-state index contributed by atoms with van der Waals surface area (Å²) in [6, 6.07) is -0.287. The molecule has 0 radical (unpaired) electrons. The molecule has 0 N–H and O–H groups in total. The van der Waals surface area contributed by atoms with Gasteiger partial charge in [-0.1, -0.05) is 0 Å². The van der Waals surface area contributed by atoms with Crippen LogP contribution in [0.2, 0.25) is 0 Å². The molecule has 0 bridgehead atoms. The highest BCUT2D eigenvalue weighted by atomic mass is 35.5. The summed E-state index contributed by atoms with van der Waals surface area (Å²) in [5.41, 5.74) is 0. The zero-order valence-corrected chi connectivity index (χ0v) is 7.97. The Morgan fingerprint density at radius 1 is 1.42 bits per heavy atom. The number of rotatable bonds is 1. The maximum absolute atomic E-state index is 11.1. The van der Waals surface area contributed by atoms with Crippen LogP contribution in [0.5, 0.6) is 0 Å². The van der Waals surface area contributed by atoms with Gasteiger partial charge in [0.05, 0.1) is 11.4 Å². The number of nitrogens with zero attached hydrogens (tertiary/aromatic N) is 1. The highest BCUT2D eigenvalue weighted by Crippen LogP contribution is 2.22. The number of alkyl halides is 1. The summed E-state index contributed by atoms with van der Waals surface area (Å²) in [6.45, 7) is 3.46. The molecule has 4 heteroatoms. The first-order chi connectivity index (χ1) is 5.52. The van der Waals surface area contributed by atoms with Crippen molar-refractivity contribution in [2.75, 3.05) is 6.54 Å². The van der Waals surface area contributed by atoms with Gasteiger partial charge in [-0.3, -0.25) is 9.59 Å². The van der Waals surface area contributed by atoms with Gasteiger partial charge in [-0.15, -0.1) is 11.6 Å². The van der Waals surface area contributed by atoms with Crippen LogP contribution in [-0.4, -0.2) is 34.6 Å². The fourth-order valence-electron chi connectivity index (χ4n) is 1.52. The van der Waals surface area contributed by atoms with E-state index in [1.54, 1.807) is 4.90 Å². The van der Waals surface area contributed by atoms with Crippen LogP contribution in [-0.2, 0) is 9.59 Å². The summed E-state index contributed by atoms with van der Waals surface area (Å²) in [7, 11) is 0. The highest BCUT2D eigenvalue weighted by molar-refractivity contribution is 6.21. The second kappa shape index (κ2) is 3.44. The van der Waals surface area contributed by atoms with E-state index in [4.69, 9.17) is 11.6 Å². The molecule has 1 saturated heterocycles. The van der Waals surface area contributed by atoms with Crippen LogP contribution in [0.25, 0.3) is 0 Å². The Morgan fingerprint density at radius 2 is 2.00 bits per heavy atom. The van der Waals surface area contributed by atoms with E-state index >= 15 is 0 Å². The molecule has 3 nitrogen and oxygen atoms in total. The van der Waals surface area contributed by atoms with Gasteiger partial charge >= 0.3 is 0 Å². The Morgan fingerprint density at radius 3 is 2.33 bits per heavy atom. The van der Waals surface area contributed by atoms with E-state index in [9.17, 15) is 9.59 Å². The normalized spacial score (nSPS) is 29.1. The minimum Gasteiger partial charge on any atom is -0.331 e. The lowest BCUT2D eigenvalue weighted by Gasteiger charge is -2.19. The molecular weight excluding hydrogens is 178 g/mol. The smallest absolute Gasteiger partial charge is 0.220 e. The third kappa shape index (κ3) is 1.78. The summed E-state index contributed by atoms with van der Waals surface area (Å²) >= 11 is 5.84. The number of ketones is 1. The first-order valence-electron chi connectivity index (χ1n) is 3.94. The molecule has 1 fully saturated rings. The first kappa shape index (κ1) is 9.52. The number of likely N-dealkylation sites (tertiary alicyclic amines) is 1. The van der Waals surface area contributed by atoms with E-state index in [0.29, 0.717) is 13.0 Å². The van der Waals surface area contributed by atoms with Crippen molar-refractivity contribution in [3.63, 3.8) is 0 Å². The molecule has 0 aromatic carbocycles. The van der Waals surface area contributed by atoms with Crippen LogP contribution in [0.4, 0.5) is 0 Å². The fraction of sp³-hybridized carbons (Fsp3) is 0.750. The van der Waals surface area contributed by atoms with Crippen molar-refractivity contribution in [3.8, 4) is 0 Å². The predicted molar refractivity (Wildman–Crippen MR) is 46.1 cm³/mol. The Balaban J connectivity index is 2.72. The van der Waals surface area contributed by atoms with Crippen molar-refractivity contribution in [2.24, 2.45) is 0 Å². The van der Waals surface area contributed by atoms with Crippen LogP contribution in [0.15, 0.2) is 0 Å². The molecule has 0 saturated carbocycles. The number of carbonyl (C=O) groups excluding carboxylic acids is 2. The number of Topliss-reactive ketones (excluding diaryl/α,β-unsaturated/α-hetero) is 1. The minimum absolute atomic E-state index is 0.0216. The molecule has 0 aromatic heterocycles. The van der Waals surface area contributed by atoms with Gasteiger partial charge in [0.25, 0.3) is 0 Å². The number of carbonyl (C=O) groups is 2. The number of hydrogen-bond donors (Lipinski definition) is 0. The fourth-order valence-corrected chi connectivity index (χ4v) is 1.84. The van der Waals surface area contributed by atoms with Crippen molar-refractivity contribution < 1.29 is 9.59 Å². The molecule has 1 aliphatic heterocycles. The third-order valence-corrected chi connectivity index (χ3v) is 2.44. The zero-order chi connectivity index (χ0) is 9.30. The Labute approximate surface area is 76.7 Å². The van der Waals surface area contributed by atoms with Crippen LogP contribution in [0, 0.1) is 0 Å². The number of halogens is 1. The van der Waals surface area contributed by atoms with Crippen LogP contribution >= 0.6 is 11.6 Å². The summed E-state index contributed by atoms with van der Waals surface area (Å²) in [4.78, 5) is 23.6. The van der Waals surface area contributed by atoms with Gasteiger partial charge in [0, 0.05) is 13.5 Å². The van der Waals surface area contributed by atoms with Gasteiger partial charge in [-0.05, 0) is 13.3 Å². The first-order valence-corrected chi connectivity index (χ1v) is 4.37. The standard InChI is InChI=1S/C8H12ClNO2/c1-5(11)8-3-7(9)4-10(8)6(2)12/h7-8H,3-4H2,1-2H3/t7-,8+/m1/s1. The third-order valence-electron chi connectivity index (χ3n) is 2.12. The highest BCUT2D eigenvalue weighted by Gasteiger charge is 2.35. The Bertz CT molecular complexity index is 195. The maximum atomic E-state index is 11.1. The molecule has 12 heavy (non-hydrogen) atoms. The van der Waals surface area contributed by atoms with E-state index in [-0.39, 0.29) is 23.1 Å². The molecule has 2 atom stereocenters. The molecule has 1 aliphatic rings. The Kier molecular flexibility index (Phi) is 2.73. The van der Waals surface area contributed by atoms with E-state index in [1.165, 1.54) is 13.8 Å². The summed E-state index contributed by atoms with van der Waals surface area (Å²) < 4.78 is 0. The quantitative estimate of drug-likeness (QED) is 0.573. The molecule has 0 aromatic rings. The lowest BCUT2D eigenvalue weighted by Crippen LogP contribution is -2.38. The van der Waals surface area contributed by atoms with Crippen LogP contribution in [0.1, 0.15) is 20.3 Å². The molecule has 1 amide bonds. The van der Waals surface area contributed by atoms with Gasteiger partial charge < -0.3 is 4.90 Å². The van der Waals surface area contributed by atoms with E-state index in [0.717, 1.165) is 0 Å². The summed E-state index contributed by atoms with van der Waals surface area (Å²) in [6.07, 6.45) is 0.594. The Hall–Kier alpha value is -0.570. The molecule has 1 heterocycles. The lowest BCUT2D eigenvalue weighted by atomic mass is 10.1. The average Bonchev–Trinajstić information content (AvgIpc) is 2.31. The SMILES string of the molecule is CC(=O)[C@@H]1C[C@@H](Cl)CN1C(C)=O. The summed E-state index contributed by atoms with van der Waals surface area (Å²) in [5.74, 6) is -0.0494. The minimum atomic E-state index is -0.287. The van der Waals surface area contributed by atoms with Gasteiger partial charge in [0.2, 0.25) is 5.91 Å². The van der Waals surface area contributed by atoms with E-state index < -0.39 is 0 Å². The van der Waals surface area contributed by atoms with Crippen molar-refractivity contribution in [3.05, 3.63) is 0 Å². The topological polar surface area (TPSA) is 37.4 Å². The van der Waals surface area contributed by atoms with E-state index in [2.05, 4.69) is 0 Å². The van der Waals surface area contributed by atoms with Crippen molar-refractivity contribution in [2.45, 2.75) is 31.7 Å². The number of amides is 1. The predicted octanol–water partition coefficient (Wildman–Crippen LogP) is 0.804. The van der Waals surface area contributed by atoms with Gasteiger partial charge in [-0.2, -0.15) is 0 Å².